The van der Waals surface area contributed by atoms with Gasteiger partial charge in [-0.1, -0.05) is 28.4 Å². The molecule has 1 fully saturated rings. The summed E-state index contributed by atoms with van der Waals surface area (Å²) in [4.78, 5) is 12.2. The van der Waals surface area contributed by atoms with E-state index < -0.39 is 10.0 Å². The van der Waals surface area contributed by atoms with Crippen molar-refractivity contribution >= 4 is 43.2 Å². The number of nitrogens with zero attached hydrogens (tertiary/aromatic N) is 1. The number of sulfonamides is 1. The number of thiophene rings is 1. The number of benzene rings is 1. The van der Waals surface area contributed by atoms with Crippen molar-refractivity contribution in [2.75, 3.05) is 13.1 Å². The minimum absolute atomic E-state index is 0.0685. The molecule has 140 valence electrons. The average Bonchev–Trinajstić information content (AvgIpc) is 3.18. The quantitative estimate of drug-likeness (QED) is 0.716. The van der Waals surface area contributed by atoms with E-state index in [2.05, 4.69) is 21.2 Å². The molecule has 1 aromatic carbocycles. The van der Waals surface area contributed by atoms with Gasteiger partial charge in [0.25, 0.3) is 15.9 Å². The molecule has 0 saturated carbocycles. The third kappa shape index (κ3) is 4.54. The summed E-state index contributed by atoms with van der Waals surface area (Å²) < 4.78 is 28.6. The van der Waals surface area contributed by atoms with Crippen LogP contribution in [0.15, 0.2) is 50.5 Å². The maximum absolute atomic E-state index is 12.9. The molecule has 1 saturated heterocycles. The molecule has 2 aromatic rings. The van der Waals surface area contributed by atoms with E-state index in [9.17, 15) is 13.2 Å². The summed E-state index contributed by atoms with van der Waals surface area (Å²) in [5, 5.41) is 4.68. The number of amides is 1. The Labute approximate surface area is 166 Å². The highest BCUT2D eigenvalue weighted by atomic mass is 79.9. The molecule has 1 amide bonds. The van der Waals surface area contributed by atoms with Crippen LogP contribution in [0.2, 0.25) is 0 Å². The van der Waals surface area contributed by atoms with Crippen LogP contribution in [0.25, 0.3) is 0 Å². The van der Waals surface area contributed by atoms with E-state index in [0.717, 1.165) is 23.7 Å². The fraction of sp³-hybridized carbons (Fsp3) is 0.389. The van der Waals surface area contributed by atoms with Gasteiger partial charge in [-0.25, -0.2) is 8.42 Å². The highest BCUT2D eigenvalue weighted by Gasteiger charge is 2.33. The Morgan fingerprint density at radius 1 is 1.23 bits per heavy atom. The van der Waals surface area contributed by atoms with Gasteiger partial charge in [0.05, 0.1) is 0 Å². The Morgan fingerprint density at radius 3 is 2.69 bits per heavy atom. The van der Waals surface area contributed by atoms with Gasteiger partial charge in [0.1, 0.15) is 4.21 Å². The normalized spacial score (nSPS) is 18.6. The van der Waals surface area contributed by atoms with Gasteiger partial charge in [-0.15, -0.1) is 11.3 Å². The number of carbonyl (C=O) groups excluding carboxylic acids is 1. The first-order valence-corrected chi connectivity index (χ1v) is 11.7. The molecule has 1 N–H and O–H groups in total. The van der Waals surface area contributed by atoms with Crippen LogP contribution >= 0.6 is 27.3 Å². The zero-order chi connectivity index (χ0) is 18.6. The summed E-state index contributed by atoms with van der Waals surface area (Å²) in [6.45, 7) is 1.00. The van der Waals surface area contributed by atoms with E-state index in [1.165, 1.54) is 11.3 Å². The standard InChI is InChI=1S/C18H21BrN2O3S2/c19-15-8-6-14(7-9-15)18(22)20-11-10-16-4-1-2-12-21(16)26(23,24)17-5-3-13-25-17/h3,5-9,13,16H,1-2,4,10-12H2,(H,20,22). The topological polar surface area (TPSA) is 66.5 Å². The van der Waals surface area contributed by atoms with Crippen LogP contribution in [-0.4, -0.2) is 37.8 Å². The van der Waals surface area contributed by atoms with E-state index in [-0.39, 0.29) is 11.9 Å². The number of halogens is 1. The van der Waals surface area contributed by atoms with E-state index in [0.29, 0.717) is 29.3 Å². The van der Waals surface area contributed by atoms with Crippen molar-refractivity contribution in [3.8, 4) is 0 Å². The van der Waals surface area contributed by atoms with Crippen LogP contribution in [0.4, 0.5) is 0 Å². The Bertz CT molecular complexity index is 836. The van der Waals surface area contributed by atoms with Gasteiger partial charge in [0, 0.05) is 29.2 Å². The third-order valence-corrected chi connectivity index (χ3v) is 8.35. The highest BCUT2D eigenvalue weighted by Crippen LogP contribution is 2.29. The molecule has 1 aromatic heterocycles. The molecule has 1 aliphatic heterocycles. The maximum Gasteiger partial charge on any atom is 0.252 e. The second kappa shape index (κ2) is 8.65. The Morgan fingerprint density at radius 2 is 2.00 bits per heavy atom. The predicted octanol–water partition coefficient (Wildman–Crippen LogP) is 3.87. The Kier molecular flexibility index (Phi) is 6.50. The molecule has 5 nitrogen and oxygen atoms in total. The van der Waals surface area contributed by atoms with E-state index >= 15 is 0 Å². The number of piperidine rings is 1. The zero-order valence-corrected chi connectivity index (χ0v) is 17.4. The van der Waals surface area contributed by atoms with Crippen LogP contribution in [-0.2, 0) is 10.0 Å². The molecule has 1 unspecified atom stereocenters. The van der Waals surface area contributed by atoms with Gasteiger partial charge < -0.3 is 5.32 Å². The first kappa shape index (κ1) is 19.5. The monoisotopic (exact) mass is 456 g/mol. The number of nitrogens with one attached hydrogen (secondary N) is 1. The lowest BCUT2D eigenvalue weighted by atomic mass is 10.0. The van der Waals surface area contributed by atoms with Crippen molar-refractivity contribution < 1.29 is 13.2 Å². The number of carbonyl (C=O) groups is 1. The largest absolute Gasteiger partial charge is 0.352 e. The van der Waals surface area contributed by atoms with Crippen molar-refractivity contribution in [1.29, 1.82) is 0 Å². The van der Waals surface area contributed by atoms with Gasteiger partial charge in [0.2, 0.25) is 0 Å². The SMILES string of the molecule is O=C(NCCC1CCCCN1S(=O)(=O)c1cccs1)c1ccc(Br)cc1. The molecular weight excluding hydrogens is 436 g/mol. The summed E-state index contributed by atoms with van der Waals surface area (Å²) in [6, 6.07) is 10.5. The summed E-state index contributed by atoms with van der Waals surface area (Å²) in [5.41, 5.74) is 0.597. The van der Waals surface area contributed by atoms with E-state index in [1.54, 1.807) is 34.0 Å². The summed E-state index contributed by atoms with van der Waals surface area (Å²) >= 11 is 4.60. The van der Waals surface area contributed by atoms with Crippen molar-refractivity contribution in [3.63, 3.8) is 0 Å². The molecule has 0 bridgehead atoms. The van der Waals surface area contributed by atoms with Crippen LogP contribution in [0, 0.1) is 0 Å². The lowest BCUT2D eigenvalue weighted by molar-refractivity contribution is 0.0949. The minimum atomic E-state index is -3.44. The average molecular weight is 457 g/mol. The number of hydrogen-bond acceptors (Lipinski definition) is 4. The van der Waals surface area contributed by atoms with Crippen LogP contribution in [0.5, 0.6) is 0 Å². The molecule has 0 radical (unpaired) electrons. The van der Waals surface area contributed by atoms with Crippen LogP contribution in [0.3, 0.4) is 0 Å². The van der Waals surface area contributed by atoms with Crippen molar-refractivity contribution in [3.05, 3.63) is 51.8 Å². The van der Waals surface area contributed by atoms with Gasteiger partial charge >= 0.3 is 0 Å². The number of hydrogen-bond donors (Lipinski definition) is 1. The van der Waals surface area contributed by atoms with Crippen LogP contribution in [0.1, 0.15) is 36.0 Å². The lowest BCUT2D eigenvalue weighted by Crippen LogP contribution is -2.44. The molecule has 2 heterocycles. The molecule has 1 atom stereocenters. The zero-order valence-electron chi connectivity index (χ0n) is 14.2. The van der Waals surface area contributed by atoms with Crippen molar-refractivity contribution in [1.82, 2.24) is 9.62 Å². The van der Waals surface area contributed by atoms with E-state index in [1.807, 2.05) is 12.1 Å². The third-order valence-electron chi connectivity index (χ3n) is 4.50. The van der Waals surface area contributed by atoms with Gasteiger partial charge in [0.15, 0.2) is 0 Å². The lowest BCUT2D eigenvalue weighted by Gasteiger charge is -2.34. The fourth-order valence-corrected chi connectivity index (χ4v) is 6.27. The first-order chi connectivity index (χ1) is 12.5. The van der Waals surface area contributed by atoms with E-state index in [4.69, 9.17) is 0 Å². The molecule has 0 spiro atoms. The summed E-state index contributed by atoms with van der Waals surface area (Å²) in [5.74, 6) is -0.138. The summed E-state index contributed by atoms with van der Waals surface area (Å²) in [6.07, 6.45) is 3.35. The van der Waals surface area contributed by atoms with Gasteiger partial charge in [-0.05, 0) is 55.0 Å². The predicted molar refractivity (Wildman–Crippen MR) is 107 cm³/mol. The number of rotatable bonds is 6. The van der Waals surface area contributed by atoms with Crippen molar-refractivity contribution in [2.45, 2.75) is 35.9 Å². The molecule has 3 rings (SSSR count). The fourth-order valence-electron chi connectivity index (χ4n) is 3.16. The molecule has 8 heteroatoms. The molecular formula is C18H21BrN2O3S2. The maximum atomic E-state index is 12.9. The molecule has 26 heavy (non-hydrogen) atoms. The summed E-state index contributed by atoms with van der Waals surface area (Å²) in [7, 11) is -3.44. The van der Waals surface area contributed by atoms with Gasteiger partial charge in [-0.2, -0.15) is 4.31 Å². The first-order valence-electron chi connectivity index (χ1n) is 8.57. The molecule has 0 aliphatic carbocycles. The van der Waals surface area contributed by atoms with Gasteiger partial charge in [-0.3, -0.25) is 4.79 Å². The smallest absolute Gasteiger partial charge is 0.252 e. The second-order valence-electron chi connectivity index (χ2n) is 6.25. The van der Waals surface area contributed by atoms with Crippen molar-refractivity contribution in [2.24, 2.45) is 0 Å². The van der Waals surface area contributed by atoms with Crippen LogP contribution < -0.4 is 5.32 Å². The second-order valence-corrected chi connectivity index (χ2v) is 10.2. The Hall–Kier alpha value is -1.22. The minimum Gasteiger partial charge on any atom is -0.352 e. The highest BCUT2D eigenvalue weighted by molar-refractivity contribution is 9.10. The Balaban J connectivity index is 1.60. The molecule has 1 aliphatic rings.